The third-order valence-electron chi connectivity index (χ3n) is 2.53. The molecule has 1 aromatic heterocycles. The van der Waals surface area contributed by atoms with Crippen LogP contribution in [0.4, 0.5) is 0 Å². The van der Waals surface area contributed by atoms with E-state index in [2.05, 4.69) is 11.9 Å². The van der Waals surface area contributed by atoms with Crippen molar-refractivity contribution in [1.29, 1.82) is 0 Å². The van der Waals surface area contributed by atoms with Crippen molar-refractivity contribution >= 4 is 0 Å². The standard InChI is InChI=1S/C11H16N2O2/c1-9-6-14-11(8-12,15-7-9)10-4-2-3-5-13-10/h2-5,9H,6-8,12H2,1H3. The lowest BCUT2D eigenvalue weighted by Gasteiger charge is -2.37. The Bertz CT molecular complexity index is 308. The van der Waals surface area contributed by atoms with Crippen LogP contribution in [0.25, 0.3) is 0 Å². The number of hydrogen-bond donors (Lipinski definition) is 1. The van der Waals surface area contributed by atoms with Gasteiger partial charge in [-0.25, -0.2) is 0 Å². The van der Waals surface area contributed by atoms with Crippen molar-refractivity contribution in [2.24, 2.45) is 11.7 Å². The van der Waals surface area contributed by atoms with Gasteiger partial charge in [0, 0.05) is 12.1 Å². The molecule has 2 N–H and O–H groups in total. The number of aromatic nitrogens is 1. The van der Waals surface area contributed by atoms with Gasteiger partial charge in [-0.3, -0.25) is 4.98 Å². The van der Waals surface area contributed by atoms with Crippen LogP contribution in [0, 0.1) is 5.92 Å². The molecule has 0 spiro atoms. The van der Waals surface area contributed by atoms with Crippen molar-refractivity contribution < 1.29 is 9.47 Å². The molecule has 0 aliphatic carbocycles. The van der Waals surface area contributed by atoms with Crippen LogP contribution in [0.2, 0.25) is 0 Å². The lowest BCUT2D eigenvalue weighted by atomic mass is 10.1. The number of nitrogens with two attached hydrogens (primary N) is 1. The monoisotopic (exact) mass is 208 g/mol. The molecule has 2 heterocycles. The Balaban J connectivity index is 2.23. The SMILES string of the molecule is CC1COC(CN)(c2ccccn2)OC1. The maximum absolute atomic E-state index is 5.73. The first-order valence-corrected chi connectivity index (χ1v) is 5.16. The van der Waals surface area contributed by atoms with Gasteiger partial charge in [-0.05, 0) is 12.1 Å². The highest BCUT2D eigenvalue weighted by molar-refractivity contribution is 5.11. The molecule has 82 valence electrons. The second-order valence-corrected chi connectivity index (χ2v) is 3.90. The van der Waals surface area contributed by atoms with Crippen molar-refractivity contribution in [3.05, 3.63) is 30.1 Å². The van der Waals surface area contributed by atoms with Gasteiger partial charge in [0.05, 0.1) is 19.8 Å². The maximum Gasteiger partial charge on any atom is 0.225 e. The molecule has 4 heteroatoms. The summed E-state index contributed by atoms with van der Waals surface area (Å²) in [5.41, 5.74) is 6.48. The van der Waals surface area contributed by atoms with E-state index < -0.39 is 5.79 Å². The summed E-state index contributed by atoms with van der Waals surface area (Å²) in [6.07, 6.45) is 1.72. The predicted molar refractivity (Wildman–Crippen MR) is 56.0 cm³/mol. The van der Waals surface area contributed by atoms with E-state index in [1.807, 2.05) is 18.2 Å². The van der Waals surface area contributed by atoms with E-state index in [0.717, 1.165) is 5.69 Å². The molecule has 0 amide bonds. The average Bonchev–Trinajstić information content (AvgIpc) is 2.32. The minimum absolute atomic E-state index is 0.288. The Morgan fingerprint density at radius 3 is 2.73 bits per heavy atom. The first kappa shape index (κ1) is 10.5. The molecular weight excluding hydrogens is 192 g/mol. The Hall–Kier alpha value is -0.970. The molecule has 0 radical (unpaired) electrons. The fourth-order valence-electron chi connectivity index (χ4n) is 1.60. The molecule has 0 aromatic carbocycles. The third-order valence-corrected chi connectivity index (χ3v) is 2.53. The maximum atomic E-state index is 5.73. The molecule has 1 saturated heterocycles. The summed E-state index contributed by atoms with van der Waals surface area (Å²) < 4.78 is 11.4. The topological polar surface area (TPSA) is 57.4 Å². The molecule has 0 unspecified atom stereocenters. The molecule has 2 rings (SSSR count). The van der Waals surface area contributed by atoms with Crippen molar-refractivity contribution in [1.82, 2.24) is 4.98 Å². The van der Waals surface area contributed by atoms with Crippen molar-refractivity contribution in [3.8, 4) is 0 Å². The molecule has 0 saturated carbocycles. The number of ether oxygens (including phenoxy) is 2. The van der Waals surface area contributed by atoms with Gasteiger partial charge in [0.1, 0.15) is 5.69 Å². The lowest BCUT2D eigenvalue weighted by Crippen LogP contribution is -2.47. The largest absolute Gasteiger partial charge is 0.343 e. The third kappa shape index (κ3) is 2.02. The Kier molecular flexibility index (Phi) is 3.00. The predicted octanol–water partition coefficient (Wildman–Crippen LogP) is 0.876. The van der Waals surface area contributed by atoms with Crippen LogP contribution >= 0.6 is 0 Å². The smallest absolute Gasteiger partial charge is 0.225 e. The minimum Gasteiger partial charge on any atom is -0.343 e. The molecule has 1 aliphatic heterocycles. The fraction of sp³-hybridized carbons (Fsp3) is 0.545. The zero-order valence-electron chi connectivity index (χ0n) is 8.85. The second kappa shape index (κ2) is 4.26. The van der Waals surface area contributed by atoms with E-state index >= 15 is 0 Å². The van der Waals surface area contributed by atoms with Gasteiger partial charge in [0.2, 0.25) is 5.79 Å². The van der Waals surface area contributed by atoms with Crippen LogP contribution in [-0.4, -0.2) is 24.7 Å². The van der Waals surface area contributed by atoms with Crippen molar-refractivity contribution in [3.63, 3.8) is 0 Å². The molecule has 1 aliphatic rings. The Labute approximate surface area is 89.4 Å². The van der Waals surface area contributed by atoms with Crippen LogP contribution in [-0.2, 0) is 15.3 Å². The van der Waals surface area contributed by atoms with Gasteiger partial charge >= 0.3 is 0 Å². The van der Waals surface area contributed by atoms with E-state index in [-0.39, 0.29) is 6.54 Å². The van der Waals surface area contributed by atoms with E-state index in [1.54, 1.807) is 6.20 Å². The van der Waals surface area contributed by atoms with Gasteiger partial charge in [0.15, 0.2) is 0 Å². The molecule has 0 bridgehead atoms. The number of hydrogen-bond acceptors (Lipinski definition) is 4. The van der Waals surface area contributed by atoms with E-state index in [1.165, 1.54) is 0 Å². The van der Waals surface area contributed by atoms with Crippen LogP contribution in [0.15, 0.2) is 24.4 Å². The quantitative estimate of drug-likeness (QED) is 0.783. The van der Waals surface area contributed by atoms with E-state index in [4.69, 9.17) is 15.2 Å². The summed E-state index contributed by atoms with van der Waals surface area (Å²) in [5, 5.41) is 0. The number of rotatable bonds is 2. The first-order chi connectivity index (χ1) is 7.27. The Morgan fingerprint density at radius 2 is 2.20 bits per heavy atom. The zero-order chi connectivity index (χ0) is 10.7. The highest BCUT2D eigenvalue weighted by atomic mass is 16.7. The summed E-state index contributed by atoms with van der Waals surface area (Å²) >= 11 is 0. The Morgan fingerprint density at radius 1 is 1.47 bits per heavy atom. The van der Waals surface area contributed by atoms with Gasteiger partial charge < -0.3 is 15.2 Å². The van der Waals surface area contributed by atoms with E-state index in [0.29, 0.717) is 19.1 Å². The summed E-state index contributed by atoms with van der Waals surface area (Å²) in [6, 6.07) is 5.65. The molecular formula is C11H16N2O2. The summed E-state index contributed by atoms with van der Waals surface area (Å²) in [4.78, 5) is 4.24. The average molecular weight is 208 g/mol. The molecule has 0 atom stereocenters. The minimum atomic E-state index is -0.840. The van der Waals surface area contributed by atoms with Gasteiger partial charge in [-0.2, -0.15) is 0 Å². The number of nitrogens with zero attached hydrogens (tertiary/aromatic N) is 1. The highest BCUT2D eigenvalue weighted by Crippen LogP contribution is 2.29. The zero-order valence-corrected chi connectivity index (χ0v) is 8.85. The van der Waals surface area contributed by atoms with E-state index in [9.17, 15) is 0 Å². The summed E-state index contributed by atoms with van der Waals surface area (Å²) in [5.74, 6) is -0.429. The summed E-state index contributed by atoms with van der Waals surface area (Å²) in [7, 11) is 0. The van der Waals surface area contributed by atoms with Gasteiger partial charge in [0.25, 0.3) is 0 Å². The van der Waals surface area contributed by atoms with Crippen molar-refractivity contribution in [2.45, 2.75) is 12.7 Å². The van der Waals surface area contributed by atoms with Gasteiger partial charge in [-0.1, -0.05) is 13.0 Å². The highest BCUT2D eigenvalue weighted by Gasteiger charge is 2.38. The summed E-state index contributed by atoms with van der Waals surface area (Å²) in [6.45, 7) is 3.69. The molecule has 4 nitrogen and oxygen atoms in total. The van der Waals surface area contributed by atoms with Crippen molar-refractivity contribution in [2.75, 3.05) is 19.8 Å². The van der Waals surface area contributed by atoms with Crippen LogP contribution in [0.1, 0.15) is 12.6 Å². The number of pyridine rings is 1. The van der Waals surface area contributed by atoms with Crippen LogP contribution in [0.3, 0.4) is 0 Å². The van der Waals surface area contributed by atoms with Crippen LogP contribution < -0.4 is 5.73 Å². The van der Waals surface area contributed by atoms with Crippen LogP contribution in [0.5, 0.6) is 0 Å². The second-order valence-electron chi connectivity index (χ2n) is 3.90. The lowest BCUT2D eigenvalue weighted by molar-refractivity contribution is -0.286. The molecule has 1 fully saturated rings. The molecule has 1 aromatic rings. The van der Waals surface area contributed by atoms with Gasteiger partial charge in [-0.15, -0.1) is 0 Å². The first-order valence-electron chi connectivity index (χ1n) is 5.16. The molecule has 15 heavy (non-hydrogen) atoms. The normalized spacial score (nSPS) is 31.5. The fourth-order valence-corrected chi connectivity index (χ4v) is 1.60.